The second-order valence-corrected chi connectivity index (χ2v) is 9.23. The minimum absolute atomic E-state index is 0.104. The number of hydrogen-bond donors (Lipinski definition) is 0. The van der Waals surface area contributed by atoms with E-state index < -0.39 is 8.07 Å². The fourth-order valence-corrected chi connectivity index (χ4v) is 4.33. The highest BCUT2D eigenvalue weighted by Gasteiger charge is 2.34. The lowest BCUT2D eigenvalue weighted by molar-refractivity contribution is -0.141. The fraction of sp³-hybridized carbons (Fsp3) is 0.357. The molecule has 0 aliphatic heterocycles. The fourth-order valence-electron chi connectivity index (χ4n) is 1.81. The van der Waals surface area contributed by atoms with E-state index in [1.54, 1.807) is 0 Å². The van der Waals surface area contributed by atoms with Crippen LogP contribution in [0.5, 0.6) is 0 Å². The zero-order valence-corrected chi connectivity index (χ0v) is 11.9. The number of esters is 1. The number of hydrogen-bond acceptors (Lipinski definition) is 2. The Balaban J connectivity index is 3.03. The smallest absolute Gasteiger partial charge is 0.302 e. The average molecular weight is 248 g/mol. The molecular weight excluding hydrogens is 228 g/mol. The highest BCUT2D eigenvalue weighted by Crippen LogP contribution is 2.14. The van der Waals surface area contributed by atoms with Gasteiger partial charge in [-0.25, -0.2) is 0 Å². The molecule has 2 nitrogen and oxygen atoms in total. The molecule has 0 aliphatic rings. The highest BCUT2D eigenvalue weighted by atomic mass is 28.3. The molecule has 0 fully saturated rings. The lowest BCUT2D eigenvalue weighted by Gasteiger charge is -2.30. The first-order valence-electron chi connectivity index (χ1n) is 5.84. The van der Waals surface area contributed by atoms with Gasteiger partial charge in [-0.15, -0.1) is 0 Å². The molecule has 0 aliphatic carbocycles. The summed E-state index contributed by atoms with van der Waals surface area (Å²) in [6.45, 7) is 7.85. The van der Waals surface area contributed by atoms with Crippen LogP contribution in [0.4, 0.5) is 0 Å². The monoisotopic (exact) mass is 248 g/mol. The Bertz CT molecular complexity index is 396. The number of carbonyl (C=O) groups excluding carboxylic acids is 1. The van der Waals surface area contributed by atoms with Crippen molar-refractivity contribution < 1.29 is 9.53 Å². The molecule has 0 heterocycles. The Labute approximate surface area is 104 Å². The molecule has 3 heteroatoms. The van der Waals surface area contributed by atoms with Crippen LogP contribution in [0.15, 0.2) is 42.5 Å². The molecule has 0 saturated heterocycles. The van der Waals surface area contributed by atoms with Gasteiger partial charge in [0, 0.05) is 6.92 Å². The zero-order valence-electron chi connectivity index (χ0n) is 10.9. The van der Waals surface area contributed by atoms with Gasteiger partial charge in [-0.1, -0.05) is 60.8 Å². The minimum Gasteiger partial charge on any atom is -0.462 e. The van der Waals surface area contributed by atoms with Gasteiger partial charge >= 0.3 is 5.97 Å². The maximum absolute atomic E-state index is 11.2. The SMILES string of the molecule is C/C=C/C(OC(C)=O)[Si](C)(C)c1ccccc1. The van der Waals surface area contributed by atoms with E-state index in [0.29, 0.717) is 0 Å². The molecule has 0 radical (unpaired) electrons. The van der Waals surface area contributed by atoms with E-state index in [9.17, 15) is 4.79 Å². The summed E-state index contributed by atoms with van der Waals surface area (Å²) in [5.74, 6) is -0.218. The first kappa shape index (κ1) is 13.7. The summed E-state index contributed by atoms with van der Waals surface area (Å²) >= 11 is 0. The molecule has 1 atom stereocenters. The Kier molecular flexibility index (Phi) is 4.69. The van der Waals surface area contributed by atoms with E-state index in [1.165, 1.54) is 12.1 Å². The predicted molar refractivity (Wildman–Crippen MR) is 73.9 cm³/mol. The van der Waals surface area contributed by atoms with Crippen LogP contribution in [0.1, 0.15) is 13.8 Å². The van der Waals surface area contributed by atoms with Gasteiger partial charge in [-0.2, -0.15) is 0 Å². The molecular formula is C14H20O2Si. The lowest BCUT2D eigenvalue weighted by Crippen LogP contribution is -2.53. The Morgan fingerprint density at radius 2 is 1.88 bits per heavy atom. The van der Waals surface area contributed by atoms with Gasteiger partial charge in [0.05, 0.1) is 0 Å². The summed E-state index contributed by atoms with van der Waals surface area (Å²) in [6, 6.07) is 10.3. The highest BCUT2D eigenvalue weighted by molar-refractivity contribution is 6.91. The molecule has 0 spiro atoms. The van der Waals surface area contributed by atoms with Crippen LogP contribution in [0.2, 0.25) is 13.1 Å². The quantitative estimate of drug-likeness (QED) is 0.465. The van der Waals surface area contributed by atoms with Gasteiger partial charge in [0.2, 0.25) is 0 Å². The normalized spacial score (nSPS) is 13.6. The van der Waals surface area contributed by atoms with Crippen LogP contribution in [0.3, 0.4) is 0 Å². The summed E-state index contributed by atoms with van der Waals surface area (Å²) < 4.78 is 5.45. The summed E-state index contributed by atoms with van der Waals surface area (Å²) in [5, 5.41) is 1.30. The predicted octanol–water partition coefficient (Wildman–Crippen LogP) is 2.65. The molecule has 1 aromatic carbocycles. The number of allylic oxidation sites excluding steroid dienone is 1. The number of rotatable bonds is 4. The van der Waals surface area contributed by atoms with E-state index in [4.69, 9.17) is 4.74 Å². The third-order valence-electron chi connectivity index (χ3n) is 2.89. The van der Waals surface area contributed by atoms with Gasteiger partial charge in [-0.05, 0) is 6.92 Å². The van der Waals surface area contributed by atoms with E-state index >= 15 is 0 Å². The molecule has 17 heavy (non-hydrogen) atoms. The van der Waals surface area contributed by atoms with Crippen molar-refractivity contribution in [1.29, 1.82) is 0 Å². The van der Waals surface area contributed by atoms with Crippen molar-refractivity contribution in [2.45, 2.75) is 32.7 Å². The van der Waals surface area contributed by atoms with Crippen LogP contribution in [-0.4, -0.2) is 19.8 Å². The van der Waals surface area contributed by atoms with Crippen molar-refractivity contribution in [2.24, 2.45) is 0 Å². The molecule has 0 N–H and O–H groups in total. The van der Waals surface area contributed by atoms with Gasteiger partial charge in [0.1, 0.15) is 13.8 Å². The molecule has 0 amide bonds. The number of carbonyl (C=O) groups is 1. The zero-order chi connectivity index (χ0) is 12.9. The first-order valence-corrected chi connectivity index (χ1v) is 8.91. The number of ether oxygens (including phenoxy) is 1. The van der Waals surface area contributed by atoms with Gasteiger partial charge < -0.3 is 4.74 Å². The Morgan fingerprint density at radius 1 is 1.29 bits per heavy atom. The molecule has 0 saturated carbocycles. The van der Waals surface area contributed by atoms with Crippen molar-refractivity contribution in [3.63, 3.8) is 0 Å². The third-order valence-corrected chi connectivity index (χ3v) is 6.44. The summed E-state index contributed by atoms with van der Waals surface area (Å²) in [4.78, 5) is 11.2. The topological polar surface area (TPSA) is 26.3 Å². The molecule has 0 bridgehead atoms. The lowest BCUT2D eigenvalue weighted by atomic mass is 10.4. The first-order chi connectivity index (χ1) is 7.98. The van der Waals surface area contributed by atoms with Crippen LogP contribution >= 0.6 is 0 Å². The van der Waals surface area contributed by atoms with Crippen LogP contribution in [0, 0.1) is 0 Å². The maximum Gasteiger partial charge on any atom is 0.302 e. The Morgan fingerprint density at radius 3 is 2.35 bits per heavy atom. The Hall–Kier alpha value is -1.35. The summed E-state index contributed by atoms with van der Waals surface area (Å²) in [5.41, 5.74) is -0.104. The molecule has 1 aromatic rings. The van der Waals surface area contributed by atoms with Gasteiger partial charge in [0.15, 0.2) is 0 Å². The van der Waals surface area contributed by atoms with Crippen molar-refractivity contribution in [3.05, 3.63) is 42.5 Å². The van der Waals surface area contributed by atoms with Crippen molar-refractivity contribution in [2.75, 3.05) is 0 Å². The number of benzene rings is 1. The molecule has 92 valence electrons. The molecule has 1 rings (SSSR count). The van der Waals surface area contributed by atoms with Crippen molar-refractivity contribution in [1.82, 2.24) is 0 Å². The van der Waals surface area contributed by atoms with Crippen molar-refractivity contribution in [3.8, 4) is 0 Å². The molecule has 1 unspecified atom stereocenters. The maximum atomic E-state index is 11.2. The van der Waals surface area contributed by atoms with E-state index in [1.807, 2.05) is 37.3 Å². The molecule has 0 aromatic heterocycles. The second-order valence-electron chi connectivity index (χ2n) is 4.64. The largest absolute Gasteiger partial charge is 0.462 e. The minimum atomic E-state index is -1.82. The third kappa shape index (κ3) is 3.56. The summed E-state index contributed by atoms with van der Waals surface area (Å²) in [7, 11) is -1.82. The summed E-state index contributed by atoms with van der Waals surface area (Å²) in [6.07, 6.45) is 3.94. The van der Waals surface area contributed by atoms with Crippen LogP contribution in [0.25, 0.3) is 0 Å². The average Bonchev–Trinajstić information content (AvgIpc) is 2.29. The van der Waals surface area contributed by atoms with Gasteiger partial charge in [0.25, 0.3) is 0 Å². The van der Waals surface area contributed by atoms with Crippen LogP contribution in [-0.2, 0) is 9.53 Å². The van der Waals surface area contributed by atoms with Crippen molar-refractivity contribution >= 4 is 19.2 Å². The standard InChI is InChI=1S/C14H20O2Si/c1-5-9-14(16-12(2)15)17(3,4)13-10-7-6-8-11-13/h5-11,14H,1-4H3/b9-5+. The second kappa shape index (κ2) is 5.82. The van der Waals surface area contributed by atoms with Crippen LogP contribution < -0.4 is 5.19 Å². The van der Waals surface area contributed by atoms with Gasteiger partial charge in [-0.3, -0.25) is 4.79 Å². The van der Waals surface area contributed by atoms with E-state index in [0.717, 1.165) is 0 Å². The van der Waals surface area contributed by atoms with E-state index in [-0.39, 0.29) is 11.7 Å². The van der Waals surface area contributed by atoms with E-state index in [2.05, 4.69) is 25.2 Å².